The molecule has 0 unspecified atom stereocenters. The molecule has 0 aliphatic heterocycles. The Balaban J connectivity index is 2.13. The minimum atomic E-state index is -0.231. The molecular formula is C16H11FN2. The highest BCUT2D eigenvalue weighted by molar-refractivity contribution is 5.87. The fraction of sp³-hybridized carbons (Fsp3) is 0.0625. The molecule has 0 aliphatic rings. The molecule has 2 nitrogen and oxygen atoms in total. The van der Waals surface area contributed by atoms with Crippen LogP contribution in [0.25, 0.3) is 22.0 Å². The van der Waals surface area contributed by atoms with E-state index in [4.69, 9.17) is 5.26 Å². The maximum Gasteiger partial charge on any atom is 0.131 e. The molecule has 0 spiro atoms. The topological polar surface area (TPSA) is 39.6 Å². The third-order valence-electron chi connectivity index (χ3n) is 3.22. The van der Waals surface area contributed by atoms with Crippen molar-refractivity contribution in [3.8, 4) is 17.2 Å². The predicted octanol–water partition coefficient (Wildman–Crippen LogP) is 4.04. The largest absolute Gasteiger partial charge is 0.361 e. The summed E-state index contributed by atoms with van der Waals surface area (Å²) in [5.74, 6) is -0.231. The number of nitrogens with zero attached hydrogens (tertiary/aromatic N) is 1. The Morgan fingerprint density at radius 3 is 2.79 bits per heavy atom. The monoisotopic (exact) mass is 250 g/mol. The Hall–Kier alpha value is -2.60. The molecule has 0 saturated heterocycles. The second kappa shape index (κ2) is 4.58. The van der Waals surface area contributed by atoms with E-state index in [0.717, 1.165) is 22.0 Å². The Bertz CT molecular complexity index is 781. The van der Waals surface area contributed by atoms with Gasteiger partial charge in [-0.05, 0) is 23.3 Å². The van der Waals surface area contributed by atoms with Crippen LogP contribution in [0.5, 0.6) is 0 Å². The number of nitrogens with one attached hydrogen (secondary N) is 1. The van der Waals surface area contributed by atoms with Crippen LogP contribution in [-0.4, -0.2) is 4.98 Å². The average molecular weight is 250 g/mol. The number of halogens is 1. The predicted molar refractivity (Wildman–Crippen MR) is 73.0 cm³/mol. The van der Waals surface area contributed by atoms with Crippen LogP contribution in [0.1, 0.15) is 5.56 Å². The quantitative estimate of drug-likeness (QED) is 0.732. The van der Waals surface area contributed by atoms with Crippen LogP contribution >= 0.6 is 0 Å². The van der Waals surface area contributed by atoms with Crippen LogP contribution < -0.4 is 0 Å². The lowest BCUT2D eigenvalue weighted by Gasteiger charge is -2.03. The summed E-state index contributed by atoms with van der Waals surface area (Å²) in [5.41, 5.74) is 3.31. The molecule has 1 heterocycles. The number of aromatic amines is 1. The molecule has 0 bridgehead atoms. The Morgan fingerprint density at radius 1 is 1.16 bits per heavy atom. The first-order valence-corrected chi connectivity index (χ1v) is 6.01. The average Bonchev–Trinajstić information content (AvgIpc) is 2.82. The van der Waals surface area contributed by atoms with Gasteiger partial charge in [0.15, 0.2) is 0 Å². The zero-order valence-electron chi connectivity index (χ0n) is 10.2. The van der Waals surface area contributed by atoms with Crippen LogP contribution in [0.2, 0.25) is 0 Å². The molecule has 92 valence electrons. The summed E-state index contributed by atoms with van der Waals surface area (Å²) in [4.78, 5) is 3.13. The van der Waals surface area contributed by atoms with Crippen LogP contribution in [0.3, 0.4) is 0 Å². The number of hydrogen-bond acceptors (Lipinski definition) is 1. The first-order chi connectivity index (χ1) is 9.29. The number of fused-ring (bicyclic) bond motifs is 1. The number of benzene rings is 2. The van der Waals surface area contributed by atoms with Crippen molar-refractivity contribution in [3.05, 3.63) is 60.0 Å². The number of nitriles is 1. The van der Waals surface area contributed by atoms with Crippen molar-refractivity contribution >= 4 is 10.9 Å². The minimum Gasteiger partial charge on any atom is -0.361 e. The molecule has 0 aliphatic carbocycles. The maximum absolute atomic E-state index is 13.7. The van der Waals surface area contributed by atoms with Gasteiger partial charge < -0.3 is 4.98 Å². The maximum atomic E-state index is 13.7. The molecule has 1 aromatic heterocycles. The van der Waals surface area contributed by atoms with Gasteiger partial charge in [0.25, 0.3) is 0 Å². The third-order valence-corrected chi connectivity index (χ3v) is 3.22. The number of aromatic nitrogens is 1. The Labute approximate surface area is 110 Å². The SMILES string of the molecule is N#CCc1c[nH]c2cc(-c3ccccc3F)ccc12. The van der Waals surface area contributed by atoms with Gasteiger partial charge in [0, 0.05) is 22.7 Å². The van der Waals surface area contributed by atoms with Crippen molar-refractivity contribution in [1.29, 1.82) is 5.26 Å². The summed E-state index contributed by atoms with van der Waals surface area (Å²) in [5, 5.41) is 9.77. The smallest absolute Gasteiger partial charge is 0.131 e. The molecule has 0 saturated carbocycles. The van der Waals surface area contributed by atoms with E-state index >= 15 is 0 Å². The number of hydrogen-bond donors (Lipinski definition) is 1. The molecule has 3 aromatic rings. The minimum absolute atomic E-state index is 0.231. The van der Waals surface area contributed by atoms with Crippen molar-refractivity contribution < 1.29 is 4.39 Å². The summed E-state index contributed by atoms with van der Waals surface area (Å²) >= 11 is 0. The van der Waals surface area contributed by atoms with E-state index in [1.165, 1.54) is 6.07 Å². The zero-order valence-corrected chi connectivity index (χ0v) is 10.2. The molecule has 3 heteroatoms. The van der Waals surface area contributed by atoms with Crippen LogP contribution in [0, 0.1) is 17.1 Å². The second-order valence-corrected chi connectivity index (χ2v) is 4.39. The molecule has 19 heavy (non-hydrogen) atoms. The molecule has 0 atom stereocenters. The fourth-order valence-corrected chi connectivity index (χ4v) is 2.28. The third kappa shape index (κ3) is 1.98. The van der Waals surface area contributed by atoms with Crippen molar-refractivity contribution in [2.75, 3.05) is 0 Å². The molecular weight excluding hydrogens is 239 g/mol. The van der Waals surface area contributed by atoms with Crippen molar-refractivity contribution in [3.63, 3.8) is 0 Å². The van der Waals surface area contributed by atoms with E-state index in [-0.39, 0.29) is 5.82 Å². The van der Waals surface area contributed by atoms with Crippen LogP contribution in [-0.2, 0) is 6.42 Å². The second-order valence-electron chi connectivity index (χ2n) is 4.39. The van der Waals surface area contributed by atoms with E-state index in [2.05, 4.69) is 11.1 Å². The lowest BCUT2D eigenvalue weighted by Crippen LogP contribution is -1.84. The van der Waals surface area contributed by atoms with E-state index in [0.29, 0.717) is 12.0 Å². The van der Waals surface area contributed by atoms with Gasteiger partial charge in [-0.2, -0.15) is 5.26 Å². The van der Waals surface area contributed by atoms with Gasteiger partial charge >= 0.3 is 0 Å². The normalized spacial score (nSPS) is 10.5. The van der Waals surface area contributed by atoms with Gasteiger partial charge in [-0.15, -0.1) is 0 Å². The molecule has 0 radical (unpaired) electrons. The molecule has 0 fully saturated rings. The van der Waals surface area contributed by atoms with Crippen molar-refractivity contribution in [1.82, 2.24) is 4.98 Å². The van der Waals surface area contributed by atoms with Crippen LogP contribution in [0.15, 0.2) is 48.7 Å². The van der Waals surface area contributed by atoms with Crippen molar-refractivity contribution in [2.24, 2.45) is 0 Å². The van der Waals surface area contributed by atoms with Gasteiger partial charge in [-0.25, -0.2) is 4.39 Å². The van der Waals surface area contributed by atoms with Gasteiger partial charge in [-0.1, -0.05) is 30.3 Å². The molecule has 2 aromatic carbocycles. The molecule has 3 rings (SSSR count). The Morgan fingerprint density at radius 2 is 2.00 bits per heavy atom. The summed E-state index contributed by atoms with van der Waals surface area (Å²) in [6.45, 7) is 0. The van der Waals surface area contributed by atoms with E-state index < -0.39 is 0 Å². The summed E-state index contributed by atoms with van der Waals surface area (Å²) in [7, 11) is 0. The summed E-state index contributed by atoms with van der Waals surface area (Å²) < 4.78 is 13.7. The summed E-state index contributed by atoms with van der Waals surface area (Å²) in [6.07, 6.45) is 2.21. The van der Waals surface area contributed by atoms with Crippen molar-refractivity contribution in [2.45, 2.75) is 6.42 Å². The van der Waals surface area contributed by atoms with E-state index in [1.54, 1.807) is 12.1 Å². The molecule has 0 amide bonds. The van der Waals surface area contributed by atoms with E-state index in [9.17, 15) is 4.39 Å². The van der Waals surface area contributed by atoms with Gasteiger partial charge in [-0.3, -0.25) is 0 Å². The first-order valence-electron chi connectivity index (χ1n) is 6.01. The highest BCUT2D eigenvalue weighted by Crippen LogP contribution is 2.27. The summed E-state index contributed by atoms with van der Waals surface area (Å²) in [6, 6.07) is 14.6. The highest BCUT2D eigenvalue weighted by Gasteiger charge is 2.07. The zero-order chi connectivity index (χ0) is 13.2. The number of rotatable bonds is 2. The highest BCUT2D eigenvalue weighted by atomic mass is 19.1. The van der Waals surface area contributed by atoms with Gasteiger partial charge in [0.05, 0.1) is 12.5 Å². The Kier molecular flexibility index (Phi) is 2.77. The lowest BCUT2D eigenvalue weighted by atomic mass is 10.0. The van der Waals surface area contributed by atoms with Gasteiger partial charge in [0.2, 0.25) is 0 Å². The lowest BCUT2D eigenvalue weighted by molar-refractivity contribution is 0.631. The van der Waals surface area contributed by atoms with E-state index in [1.807, 2.05) is 30.5 Å². The standard InChI is InChI=1S/C16H11FN2/c17-15-4-2-1-3-13(15)11-5-6-14-12(7-8-18)10-19-16(14)9-11/h1-6,9-10,19H,7H2. The first kappa shape index (κ1) is 11.5. The molecule has 1 N–H and O–H groups in total. The van der Waals surface area contributed by atoms with Crippen LogP contribution in [0.4, 0.5) is 4.39 Å². The fourth-order valence-electron chi connectivity index (χ4n) is 2.28. The van der Waals surface area contributed by atoms with Gasteiger partial charge in [0.1, 0.15) is 5.82 Å². The number of H-pyrrole nitrogens is 1.